The molecule has 2 rings (SSSR count). The van der Waals surface area contributed by atoms with Crippen LogP contribution in [0.25, 0.3) is 0 Å². The molecule has 18 heavy (non-hydrogen) atoms. The van der Waals surface area contributed by atoms with E-state index in [1.54, 1.807) is 23.5 Å². The van der Waals surface area contributed by atoms with Crippen LogP contribution in [0.2, 0.25) is 0 Å². The van der Waals surface area contributed by atoms with Gasteiger partial charge in [-0.3, -0.25) is 0 Å². The van der Waals surface area contributed by atoms with Gasteiger partial charge in [0.2, 0.25) is 0 Å². The highest BCUT2D eigenvalue weighted by Crippen LogP contribution is 2.18. The van der Waals surface area contributed by atoms with E-state index in [0.29, 0.717) is 12.4 Å². The Bertz CT molecular complexity index is 589. The van der Waals surface area contributed by atoms with E-state index >= 15 is 0 Å². The van der Waals surface area contributed by atoms with Gasteiger partial charge >= 0.3 is 0 Å². The van der Waals surface area contributed by atoms with Crippen molar-refractivity contribution in [2.75, 3.05) is 0 Å². The molecule has 0 aliphatic rings. The van der Waals surface area contributed by atoms with Crippen molar-refractivity contribution < 1.29 is 9.13 Å². The second-order valence-electron chi connectivity index (χ2n) is 3.63. The molecule has 0 amide bonds. The molecule has 0 fully saturated rings. The number of aromatic nitrogens is 1. The summed E-state index contributed by atoms with van der Waals surface area (Å²) in [7, 11) is 0. The lowest BCUT2D eigenvalue weighted by Gasteiger charge is -2.04. The fourth-order valence-corrected chi connectivity index (χ4v) is 2.14. The first-order valence-electron chi connectivity index (χ1n) is 5.48. The number of benzene rings is 1. The van der Waals surface area contributed by atoms with Crippen LogP contribution in [0.3, 0.4) is 0 Å². The molecule has 0 bridgehead atoms. The lowest BCUT2D eigenvalue weighted by atomic mass is 10.2. The predicted octanol–water partition coefficient (Wildman–Crippen LogP) is 3.30. The van der Waals surface area contributed by atoms with E-state index in [9.17, 15) is 4.39 Å². The Kier molecular flexibility index (Phi) is 3.90. The molecule has 5 heteroatoms. The molecule has 0 aliphatic heterocycles. The van der Waals surface area contributed by atoms with Crippen LogP contribution in [-0.4, -0.2) is 4.98 Å². The van der Waals surface area contributed by atoms with Gasteiger partial charge in [-0.1, -0.05) is 6.92 Å². The van der Waals surface area contributed by atoms with E-state index in [2.05, 4.69) is 4.98 Å². The molecule has 0 aliphatic carbocycles. The van der Waals surface area contributed by atoms with Crippen molar-refractivity contribution >= 4 is 11.3 Å². The number of ether oxygens (including phenoxy) is 1. The molecule has 0 radical (unpaired) electrons. The molecule has 1 aromatic carbocycles. The van der Waals surface area contributed by atoms with Crippen LogP contribution in [0.15, 0.2) is 23.6 Å². The third-order valence-corrected chi connectivity index (χ3v) is 3.39. The number of hydrogen-bond donors (Lipinski definition) is 0. The van der Waals surface area contributed by atoms with E-state index in [1.807, 2.05) is 12.3 Å². The van der Waals surface area contributed by atoms with Crippen LogP contribution < -0.4 is 4.74 Å². The molecule has 0 N–H and O–H groups in total. The molecule has 92 valence electrons. The summed E-state index contributed by atoms with van der Waals surface area (Å²) >= 11 is 1.59. The van der Waals surface area contributed by atoms with Gasteiger partial charge in [0.25, 0.3) is 0 Å². The number of nitrogens with zero attached hydrogens (tertiary/aromatic N) is 2. The summed E-state index contributed by atoms with van der Waals surface area (Å²) in [5, 5.41) is 11.6. The number of hydrogen-bond acceptors (Lipinski definition) is 4. The lowest BCUT2D eigenvalue weighted by molar-refractivity contribution is 0.300. The molecule has 0 saturated carbocycles. The molecule has 0 unspecified atom stereocenters. The number of thiazole rings is 1. The SMILES string of the molecule is CCc1nc(COc2ccc(C#N)c(F)c2)cs1. The molecule has 3 nitrogen and oxygen atoms in total. The Morgan fingerprint density at radius 2 is 2.33 bits per heavy atom. The maximum absolute atomic E-state index is 13.3. The minimum absolute atomic E-state index is 0.0178. The first-order chi connectivity index (χ1) is 8.72. The van der Waals surface area contributed by atoms with Crippen molar-refractivity contribution in [3.63, 3.8) is 0 Å². The molecule has 0 atom stereocenters. The first-order valence-corrected chi connectivity index (χ1v) is 6.36. The van der Waals surface area contributed by atoms with Gasteiger partial charge in [0.05, 0.1) is 16.3 Å². The van der Waals surface area contributed by atoms with Crippen molar-refractivity contribution in [2.45, 2.75) is 20.0 Å². The maximum atomic E-state index is 13.3. The Hall–Kier alpha value is -1.93. The molecular formula is C13H11FN2OS. The molecular weight excluding hydrogens is 251 g/mol. The first kappa shape index (κ1) is 12.5. The molecule has 2 aromatic rings. The third-order valence-electron chi connectivity index (χ3n) is 2.35. The molecule has 1 aromatic heterocycles. The van der Waals surface area contributed by atoms with E-state index < -0.39 is 5.82 Å². The van der Waals surface area contributed by atoms with Gasteiger partial charge in [0, 0.05) is 11.4 Å². The Labute approximate surface area is 108 Å². The summed E-state index contributed by atoms with van der Waals surface area (Å²) in [6, 6.07) is 5.96. The largest absolute Gasteiger partial charge is 0.487 e. The zero-order valence-corrected chi connectivity index (χ0v) is 10.6. The highest BCUT2D eigenvalue weighted by atomic mass is 32.1. The fourth-order valence-electron chi connectivity index (χ4n) is 1.41. The molecule has 0 saturated heterocycles. The van der Waals surface area contributed by atoms with Gasteiger partial charge in [0.1, 0.15) is 24.2 Å². The topological polar surface area (TPSA) is 45.9 Å². The van der Waals surface area contributed by atoms with Crippen molar-refractivity contribution in [3.05, 3.63) is 45.7 Å². The van der Waals surface area contributed by atoms with Gasteiger partial charge < -0.3 is 4.74 Å². The number of aryl methyl sites for hydroxylation is 1. The number of halogens is 1. The van der Waals surface area contributed by atoms with Crippen molar-refractivity contribution in [1.29, 1.82) is 5.26 Å². The van der Waals surface area contributed by atoms with Gasteiger partial charge in [-0.25, -0.2) is 9.37 Å². The normalized spacial score (nSPS) is 10.1. The van der Waals surface area contributed by atoms with Gasteiger partial charge in [-0.05, 0) is 18.6 Å². The molecule has 1 heterocycles. The zero-order chi connectivity index (χ0) is 13.0. The smallest absolute Gasteiger partial charge is 0.144 e. The van der Waals surface area contributed by atoms with Crippen LogP contribution in [0, 0.1) is 17.1 Å². The highest BCUT2D eigenvalue weighted by Gasteiger charge is 2.05. The Balaban J connectivity index is 2.02. The van der Waals surface area contributed by atoms with Crippen LogP contribution in [0.5, 0.6) is 5.75 Å². The van der Waals surface area contributed by atoms with Crippen LogP contribution in [0.4, 0.5) is 4.39 Å². The maximum Gasteiger partial charge on any atom is 0.144 e. The standard InChI is InChI=1S/C13H11FN2OS/c1-2-13-16-10(8-18-13)7-17-11-4-3-9(6-15)12(14)5-11/h3-5,8H,2,7H2,1H3. The predicted molar refractivity (Wildman–Crippen MR) is 66.9 cm³/mol. The summed E-state index contributed by atoms with van der Waals surface area (Å²) in [5.41, 5.74) is 0.853. The summed E-state index contributed by atoms with van der Waals surface area (Å²) < 4.78 is 18.7. The third kappa shape index (κ3) is 2.84. The van der Waals surface area contributed by atoms with Crippen LogP contribution >= 0.6 is 11.3 Å². The van der Waals surface area contributed by atoms with Gasteiger partial charge in [-0.2, -0.15) is 5.26 Å². The van der Waals surface area contributed by atoms with E-state index in [0.717, 1.165) is 17.1 Å². The number of nitriles is 1. The summed E-state index contributed by atoms with van der Waals surface area (Å²) in [4.78, 5) is 4.35. The van der Waals surface area contributed by atoms with Crippen LogP contribution in [-0.2, 0) is 13.0 Å². The van der Waals surface area contributed by atoms with E-state index in [1.165, 1.54) is 12.1 Å². The summed E-state index contributed by atoms with van der Waals surface area (Å²) in [6.07, 6.45) is 0.899. The Morgan fingerprint density at radius 1 is 1.50 bits per heavy atom. The Morgan fingerprint density at radius 3 is 2.94 bits per heavy atom. The summed E-state index contributed by atoms with van der Waals surface area (Å²) in [6.45, 7) is 2.35. The second-order valence-corrected chi connectivity index (χ2v) is 4.57. The van der Waals surface area contributed by atoms with Crippen molar-refractivity contribution in [1.82, 2.24) is 4.98 Å². The number of rotatable bonds is 4. The average molecular weight is 262 g/mol. The fraction of sp³-hybridized carbons (Fsp3) is 0.231. The van der Waals surface area contributed by atoms with Crippen molar-refractivity contribution in [3.8, 4) is 11.8 Å². The minimum atomic E-state index is -0.567. The second kappa shape index (κ2) is 5.61. The average Bonchev–Trinajstić information content (AvgIpc) is 2.84. The minimum Gasteiger partial charge on any atom is -0.487 e. The van der Waals surface area contributed by atoms with Gasteiger partial charge in [0.15, 0.2) is 0 Å². The highest BCUT2D eigenvalue weighted by molar-refractivity contribution is 7.09. The monoisotopic (exact) mass is 262 g/mol. The summed E-state index contributed by atoms with van der Waals surface area (Å²) in [5.74, 6) is -0.167. The van der Waals surface area contributed by atoms with Crippen molar-refractivity contribution in [2.24, 2.45) is 0 Å². The van der Waals surface area contributed by atoms with Crippen LogP contribution in [0.1, 0.15) is 23.2 Å². The lowest BCUT2D eigenvalue weighted by Crippen LogP contribution is -1.97. The quantitative estimate of drug-likeness (QED) is 0.849. The van der Waals surface area contributed by atoms with E-state index in [4.69, 9.17) is 10.00 Å². The zero-order valence-electron chi connectivity index (χ0n) is 9.81. The van der Waals surface area contributed by atoms with E-state index in [-0.39, 0.29) is 5.56 Å². The van der Waals surface area contributed by atoms with Gasteiger partial charge in [-0.15, -0.1) is 11.3 Å². The molecule has 0 spiro atoms.